The van der Waals surface area contributed by atoms with Gasteiger partial charge in [0.15, 0.2) is 0 Å². The zero-order valence-corrected chi connectivity index (χ0v) is 13.9. The van der Waals surface area contributed by atoms with Crippen LogP contribution in [0.4, 0.5) is 0 Å². The Balaban J connectivity index is 2.22. The lowest BCUT2D eigenvalue weighted by Crippen LogP contribution is -2.15. The van der Waals surface area contributed by atoms with Gasteiger partial charge in [0.25, 0.3) is 0 Å². The van der Waals surface area contributed by atoms with Gasteiger partial charge in [0.1, 0.15) is 0 Å². The van der Waals surface area contributed by atoms with E-state index in [1.165, 1.54) is 48.7 Å². The summed E-state index contributed by atoms with van der Waals surface area (Å²) in [7, 11) is 0. The summed E-state index contributed by atoms with van der Waals surface area (Å²) in [5.41, 5.74) is 4.36. The predicted octanol–water partition coefficient (Wildman–Crippen LogP) is 5.77. The van der Waals surface area contributed by atoms with Gasteiger partial charge in [-0.1, -0.05) is 55.5 Å². The summed E-state index contributed by atoms with van der Waals surface area (Å²) in [5, 5.41) is 10.0. The SMILES string of the molecule is Cc1ccc2c3c1C(C)CC=c3c1cccc3c(C)ccc2c31. The van der Waals surface area contributed by atoms with Crippen LogP contribution in [0.1, 0.15) is 36.0 Å². The maximum absolute atomic E-state index is 2.47. The second-order valence-corrected chi connectivity index (χ2v) is 7.13. The third-order valence-electron chi connectivity index (χ3n) is 5.74. The topological polar surface area (TPSA) is 0 Å². The average Bonchev–Trinajstić information content (AvgIpc) is 2.56. The summed E-state index contributed by atoms with van der Waals surface area (Å²) >= 11 is 0. The van der Waals surface area contributed by atoms with E-state index in [0.29, 0.717) is 5.92 Å². The minimum Gasteiger partial charge on any atom is -0.0754 e. The minimum absolute atomic E-state index is 0.611. The van der Waals surface area contributed by atoms with E-state index in [1.807, 2.05) is 0 Å². The maximum atomic E-state index is 2.47. The van der Waals surface area contributed by atoms with E-state index < -0.39 is 0 Å². The zero-order valence-electron chi connectivity index (χ0n) is 13.9. The highest BCUT2D eigenvalue weighted by molar-refractivity contribution is 6.23. The van der Waals surface area contributed by atoms with Gasteiger partial charge in [-0.05, 0) is 80.4 Å². The van der Waals surface area contributed by atoms with Gasteiger partial charge >= 0.3 is 0 Å². The van der Waals surface area contributed by atoms with Crippen molar-refractivity contribution < 1.29 is 0 Å². The van der Waals surface area contributed by atoms with Crippen molar-refractivity contribution in [3.05, 3.63) is 64.4 Å². The van der Waals surface area contributed by atoms with Crippen LogP contribution in [0.5, 0.6) is 0 Å². The molecule has 0 fully saturated rings. The quantitative estimate of drug-likeness (QED) is 0.285. The molecule has 0 aliphatic heterocycles. The van der Waals surface area contributed by atoms with E-state index in [4.69, 9.17) is 0 Å². The van der Waals surface area contributed by atoms with E-state index in [-0.39, 0.29) is 0 Å². The molecule has 0 nitrogen and oxygen atoms in total. The Morgan fingerprint density at radius 2 is 1.43 bits per heavy atom. The molecule has 1 atom stereocenters. The molecule has 0 heteroatoms. The first-order valence-corrected chi connectivity index (χ1v) is 8.54. The van der Waals surface area contributed by atoms with Crippen LogP contribution in [-0.2, 0) is 0 Å². The number of hydrogen-bond acceptors (Lipinski definition) is 0. The van der Waals surface area contributed by atoms with Crippen LogP contribution in [0.2, 0.25) is 0 Å². The van der Waals surface area contributed by atoms with Crippen LogP contribution in [0.25, 0.3) is 38.4 Å². The smallest absolute Gasteiger partial charge is 0.00238 e. The number of fused-ring (bicyclic) bond motifs is 2. The van der Waals surface area contributed by atoms with Crippen LogP contribution in [0.3, 0.4) is 0 Å². The molecule has 0 amide bonds. The van der Waals surface area contributed by atoms with Crippen LogP contribution in [0, 0.1) is 13.8 Å². The van der Waals surface area contributed by atoms with Crippen molar-refractivity contribution in [3.8, 4) is 0 Å². The summed E-state index contributed by atoms with van der Waals surface area (Å²) in [4.78, 5) is 0. The Bertz CT molecular complexity index is 1160. The molecule has 0 saturated carbocycles. The van der Waals surface area contributed by atoms with Crippen molar-refractivity contribution in [1.82, 2.24) is 0 Å². The van der Waals surface area contributed by atoms with Crippen molar-refractivity contribution in [2.75, 3.05) is 0 Å². The molecular weight excluding hydrogens is 276 g/mol. The van der Waals surface area contributed by atoms with E-state index >= 15 is 0 Å². The van der Waals surface area contributed by atoms with Gasteiger partial charge in [-0.3, -0.25) is 0 Å². The maximum Gasteiger partial charge on any atom is -0.00238 e. The molecule has 4 aromatic carbocycles. The van der Waals surface area contributed by atoms with E-state index in [2.05, 4.69) is 69.3 Å². The third kappa shape index (κ3) is 1.56. The Morgan fingerprint density at radius 3 is 2.26 bits per heavy atom. The Hall–Kier alpha value is -2.34. The van der Waals surface area contributed by atoms with Crippen molar-refractivity contribution in [3.63, 3.8) is 0 Å². The minimum atomic E-state index is 0.611. The molecule has 0 N–H and O–H groups in total. The fourth-order valence-corrected chi connectivity index (χ4v) is 4.63. The molecule has 23 heavy (non-hydrogen) atoms. The molecule has 0 bridgehead atoms. The summed E-state index contributed by atoms with van der Waals surface area (Å²) in [6.07, 6.45) is 3.61. The van der Waals surface area contributed by atoms with Gasteiger partial charge in [-0.2, -0.15) is 0 Å². The second-order valence-electron chi connectivity index (χ2n) is 7.13. The molecule has 5 rings (SSSR count). The van der Waals surface area contributed by atoms with Gasteiger partial charge in [-0.25, -0.2) is 0 Å². The van der Waals surface area contributed by atoms with E-state index in [9.17, 15) is 0 Å². The van der Waals surface area contributed by atoms with Crippen molar-refractivity contribution >= 4 is 38.4 Å². The molecule has 0 aromatic heterocycles. The Morgan fingerprint density at radius 1 is 0.739 bits per heavy atom. The standard InChI is InChI=1S/C23H20/c1-13-7-10-18-20-12-9-15(3)21-14(2)8-11-19(23(20)21)17-6-4-5-16(13)22(17)18/h4-7,9-12,14H,8H2,1-3H3. The Kier molecular flexibility index (Phi) is 2.48. The molecule has 4 aromatic rings. The molecule has 1 unspecified atom stereocenters. The average molecular weight is 296 g/mol. The highest BCUT2D eigenvalue weighted by Crippen LogP contribution is 2.38. The molecule has 1 aliphatic carbocycles. The van der Waals surface area contributed by atoms with Crippen LogP contribution in [-0.4, -0.2) is 0 Å². The molecule has 112 valence electrons. The Labute approximate surface area is 136 Å². The number of aryl methyl sites for hydroxylation is 2. The number of hydrogen-bond donors (Lipinski definition) is 0. The third-order valence-corrected chi connectivity index (χ3v) is 5.74. The second kappa shape index (κ2) is 4.35. The molecule has 1 aliphatic rings. The predicted molar refractivity (Wildman–Crippen MR) is 101 cm³/mol. The van der Waals surface area contributed by atoms with Gasteiger partial charge in [0.05, 0.1) is 0 Å². The first-order valence-electron chi connectivity index (χ1n) is 8.54. The first-order chi connectivity index (χ1) is 11.2. The van der Waals surface area contributed by atoms with Crippen LogP contribution >= 0.6 is 0 Å². The molecule has 0 heterocycles. The molecule has 0 spiro atoms. The van der Waals surface area contributed by atoms with E-state index in [1.54, 1.807) is 5.56 Å². The van der Waals surface area contributed by atoms with Crippen molar-refractivity contribution in [2.24, 2.45) is 0 Å². The normalized spacial score (nSPS) is 17.1. The summed E-state index contributed by atoms with van der Waals surface area (Å²) in [6, 6.07) is 16.0. The van der Waals surface area contributed by atoms with Gasteiger partial charge < -0.3 is 0 Å². The zero-order chi connectivity index (χ0) is 15.7. The molecular formula is C23H20. The van der Waals surface area contributed by atoms with Crippen LogP contribution in [0.15, 0.2) is 42.5 Å². The first kappa shape index (κ1) is 13.1. The number of benzene rings is 4. The van der Waals surface area contributed by atoms with Gasteiger partial charge in [0.2, 0.25) is 0 Å². The summed E-state index contributed by atoms with van der Waals surface area (Å²) < 4.78 is 0. The fraction of sp³-hybridized carbons (Fsp3) is 0.217. The van der Waals surface area contributed by atoms with E-state index in [0.717, 1.165) is 6.42 Å². The molecule has 0 radical (unpaired) electrons. The highest BCUT2D eigenvalue weighted by Gasteiger charge is 2.20. The monoisotopic (exact) mass is 296 g/mol. The lowest BCUT2D eigenvalue weighted by molar-refractivity contribution is 0.796. The highest BCUT2D eigenvalue weighted by atomic mass is 14.2. The summed E-state index contributed by atoms with van der Waals surface area (Å²) in [5.74, 6) is 0.611. The van der Waals surface area contributed by atoms with Crippen LogP contribution < -0.4 is 5.22 Å². The summed E-state index contributed by atoms with van der Waals surface area (Å²) in [6.45, 7) is 6.84. The fourth-order valence-electron chi connectivity index (χ4n) is 4.63. The van der Waals surface area contributed by atoms with Gasteiger partial charge in [0, 0.05) is 0 Å². The van der Waals surface area contributed by atoms with Gasteiger partial charge in [-0.15, -0.1) is 0 Å². The van der Waals surface area contributed by atoms with Crippen molar-refractivity contribution in [1.29, 1.82) is 0 Å². The lowest BCUT2D eigenvalue weighted by Gasteiger charge is -2.23. The lowest BCUT2D eigenvalue weighted by atomic mass is 9.81. The largest absolute Gasteiger partial charge is 0.0754 e. The number of rotatable bonds is 0. The van der Waals surface area contributed by atoms with Crippen molar-refractivity contribution in [2.45, 2.75) is 33.1 Å². The molecule has 0 saturated heterocycles.